The fourth-order valence-electron chi connectivity index (χ4n) is 4.00. The molecule has 4 aromatic heterocycles. The quantitative estimate of drug-likeness (QED) is 0.309. The van der Waals surface area contributed by atoms with Crippen LogP contribution in [0.4, 0.5) is 23.4 Å². The van der Waals surface area contributed by atoms with E-state index in [1.54, 1.807) is 6.20 Å². The molecule has 1 aliphatic heterocycles. The first-order valence-electron chi connectivity index (χ1n) is 11.5. The van der Waals surface area contributed by atoms with E-state index >= 15 is 0 Å². The zero-order chi connectivity index (χ0) is 22.9. The predicted octanol–water partition coefficient (Wildman–Crippen LogP) is 2.56. The zero-order valence-electron chi connectivity index (χ0n) is 19.0. The van der Waals surface area contributed by atoms with E-state index in [0.29, 0.717) is 35.7 Å². The maximum Gasteiger partial charge on any atom is 0.227 e. The highest BCUT2D eigenvalue weighted by Crippen LogP contribution is 2.39. The lowest BCUT2D eigenvalue weighted by atomic mass is 10.3. The molecule has 5 heterocycles. The number of H-pyrrole nitrogens is 2. The highest BCUT2D eigenvalue weighted by atomic mass is 16.5. The molecule has 0 radical (unpaired) electrons. The maximum absolute atomic E-state index is 5.46. The Morgan fingerprint density at radius 2 is 1.94 bits per heavy atom. The van der Waals surface area contributed by atoms with Crippen LogP contribution in [0.5, 0.6) is 0 Å². The standard InChI is InChI=1S/C22H27N11O/c1-32-6-8-33(9-7-32)21-12-19(25-20-11-17(29-30-20)14-2-3-14)26-22(27-21)23-13-15-10-18(31-34-15)16-4-5-24-28-16/h4-5,10-12,14H,2-3,6-9,13H2,1H3,(H,24,28)(H3,23,25,26,27,29,30). The molecule has 6 rings (SSSR count). The number of rotatable bonds is 8. The van der Waals surface area contributed by atoms with Gasteiger partial charge in [0.25, 0.3) is 0 Å². The Balaban J connectivity index is 1.21. The van der Waals surface area contributed by atoms with Gasteiger partial charge in [0.2, 0.25) is 5.95 Å². The molecule has 0 aromatic carbocycles. The average Bonchev–Trinajstić information content (AvgIpc) is 3.22. The van der Waals surface area contributed by atoms with Crippen molar-refractivity contribution in [1.29, 1.82) is 0 Å². The van der Waals surface area contributed by atoms with Crippen molar-refractivity contribution in [3.05, 3.63) is 41.9 Å². The van der Waals surface area contributed by atoms with Crippen molar-refractivity contribution >= 4 is 23.4 Å². The summed E-state index contributed by atoms with van der Waals surface area (Å²) in [7, 11) is 2.14. The molecule has 12 nitrogen and oxygen atoms in total. The second kappa shape index (κ2) is 8.78. The number of hydrogen-bond donors (Lipinski definition) is 4. The van der Waals surface area contributed by atoms with Crippen molar-refractivity contribution in [1.82, 2.24) is 40.4 Å². The third kappa shape index (κ3) is 4.57. The van der Waals surface area contributed by atoms with Gasteiger partial charge >= 0.3 is 0 Å². The van der Waals surface area contributed by atoms with Gasteiger partial charge in [-0.05, 0) is 26.0 Å². The summed E-state index contributed by atoms with van der Waals surface area (Å²) in [4.78, 5) is 14.1. The Morgan fingerprint density at radius 1 is 1.06 bits per heavy atom. The third-order valence-corrected chi connectivity index (χ3v) is 6.17. The first-order valence-corrected chi connectivity index (χ1v) is 11.5. The van der Waals surface area contributed by atoms with Gasteiger partial charge in [-0.15, -0.1) is 0 Å². The highest BCUT2D eigenvalue weighted by molar-refractivity contribution is 5.60. The van der Waals surface area contributed by atoms with Crippen molar-refractivity contribution in [2.24, 2.45) is 0 Å². The van der Waals surface area contributed by atoms with E-state index in [9.17, 15) is 0 Å². The normalized spacial score (nSPS) is 16.7. The second-order valence-electron chi connectivity index (χ2n) is 8.84. The van der Waals surface area contributed by atoms with E-state index in [2.05, 4.69) is 64.1 Å². The first kappa shape index (κ1) is 20.7. The maximum atomic E-state index is 5.46. The van der Waals surface area contributed by atoms with E-state index in [0.717, 1.165) is 43.5 Å². The van der Waals surface area contributed by atoms with E-state index < -0.39 is 0 Å². The van der Waals surface area contributed by atoms with Crippen molar-refractivity contribution in [3.63, 3.8) is 0 Å². The Hall–Kier alpha value is -3.93. The topological polar surface area (TPSA) is 140 Å². The van der Waals surface area contributed by atoms with Gasteiger partial charge in [0.05, 0.1) is 12.2 Å². The molecule has 0 bridgehead atoms. The Labute approximate surface area is 196 Å². The smallest absolute Gasteiger partial charge is 0.227 e. The Bertz CT molecular complexity index is 1240. The molecule has 1 saturated heterocycles. The number of aromatic nitrogens is 7. The number of anilines is 4. The van der Waals surface area contributed by atoms with Crippen LogP contribution >= 0.6 is 0 Å². The number of likely N-dealkylation sites (N-methyl/N-ethyl adjacent to an activating group) is 1. The molecule has 2 fully saturated rings. The molecule has 1 saturated carbocycles. The molecule has 176 valence electrons. The fourth-order valence-corrected chi connectivity index (χ4v) is 4.00. The van der Waals surface area contributed by atoms with Gasteiger partial charge < -0.3 is 25.0 Å². The van der Waals surface area contributed by atoms with Crippen LogP contribution in [-0.2, 0) is 6.54 Å². The summed E-state index contributed by atoms with van der Waals surface area (Å²) >= 11 is 0. The largest absolute Gasteiger partial charge is 0.359 e. The molecule has 1 aliphatic carbocycles. The molecule has 0 amide bonds. The number of nitrogens with one attached hydrogen (secondary N) is 4. The van der Waals surface area contributed by atoms with Gasteiger partial charge in [0.1, 0.15) is 17.3 Å². The fraction of sp³-hybridized carbons (Fsp3) is 0.409. The SMILES string of the molecule is CN1CCN(c2cc(Nc3cc(C4CC4)[nH]n3)nc(NCc3cc(-c4ccn[nH]4)no3)n2)CC1. The molecule has 34 heavy (non-hydrogen) atoms. The lowest BCUT2D eigenvalue weighted by Gasteiger charge is -2.33. The summed E-state index contributed by atoms with van der Waals surface area (Å²) in [5.74, 6) is 4.12. The highest BCUT2D eigenvalue weighted by Gasteiger charge is 2.25. The van der Waals surface area contributed by atoms with Gasteiger partial charge in [-0.25, -0.2) is 0 Å². The number of aromatic amines is 2. The molecule has 12 heteroatoms. The van der Waals surface area contributed by atoms with Gasteiger partial charge in [-0.2, -0.15) is 20.2 Å². The lowest BCUT2D eigenvalue weighted by Crippen LogP contribution is -2.44. The number of piperazine rings is 1. The third-order valence-electron chi connectivity index (χ3n) is 6.17. The first-order chi connectivity index (χ1) is 16.7. The Morgan fingerprint density at radius 3 is 2.74 bits per heavy atom. The van der Waals surface area contributed by atoms with Crippen molar-refractivity contribution in [3.8, 4) is 11.4 Å². The zero-order valence-corrected chi connectivity index (χ0v) is 19.0. The van der Waals surface area contributed by atoms with E-state index in [1.807, 2.05) is 18.2 Å². The van der Waals surface area contributed by atoms with Crippen LogP contribution in [-0.4, -0.2) is 73.6 Å². The molecule has 2 aliphatic rings. The van der Waals surface area contributed by atoms with E-state index in [-0.39, 0.29) is 0 Å². The molecule has 0 unspecified atom stereocenters. The van der Waals surface area contributed by atoms with E-state index in [4.69, 9.17) is 9.51 Å². The molecule has 0 spiro atoms. The van der Waals surface area contributed by atoms with Crippen LogP contribution in [0.25, 0.3) is 11.4 Å². The van der Waals surface area contributed by atoms with Gasteiger partial charge in [-0.3, -0.25) is 10.2 Å². The molecular formula is C22H27N11O. The van der Waals surface area contributed by atoms with Crippen LogP contribution in [0.15, 0.2) is 35.0 Å². The second-order valence-corrected chi connectivity index (χ2v) is 8.84. The van der Waals surface area contributed by atoms with Crippen molar-refractivity contribution in [2.45, 2.75) is 25.3 Å². The molecule has 4 N–H and O–H groups in total. The van der Waals surface area contributed by atoms with Crippen molar-refractivity contribution in [2.75, 3.05) is 48.8 Å². The molecule has 4 aromatic rings. The number of nitrogens with zero attached hydrogens (tertiary/aromatic N) is 7. The minimum absolute atomic E-state index is 0.404. The van der Waals surface area contributed by atoms with Gasteiger partial charge in [0.15, 0.2) is 11.6 Å². The van der Waals surface area contributed by atoms with Gasteiger partial charge in [-0.1, -0.05) is 5.16 Å². The summed E-state index contributed by atoms with van der Waals surface area (Å²) in [6.45, 7) is 4.22. The summed E-state index contributed by atoms with van der Waals surface area (Å²) < 4.78 is 5.46. The van der Waals surface area contributed by atoms with Crippen LogP contribution in [0.2, 0.25) is 0 Å². The minimum atomic E-state index is 0.404. The summed E-state index contributed by atoms with van der Waals surface area (Å²) in [6.07, 6.45) is 4.13. The summed E-state index contributed by atoms with van der Waals surface area (Å²) in [5, 5.41) is 25.1. The summed E-state index contributed by atoms with van der Waals surface area (Å²) in [6, 6.07) is 7.76. The van der Waals surface area contributed by atoms with E-state index in [1.165, 1.54) is 18.5 Å². The summed E-state index contributed by atoms with van der Waals surface area (Å²) in [5.41, 5.74) is 2.68. The molecule has 0 atom stereocenters. The predicted molar refractivity (Wildman–Crippen MR) is 127 cm³/mol. The average molecular weight is 462 g/mol. The Kier molecular flexibility index (Phi) is 5.34. The minimum Gasteiger partial charge on any atom is -0.359 e. The van der Waals surface area contributed by atoms with Crippen LogP contribution < -0.4 is 15.5 Å². The van der Waals surface area contributed by atoms with Crippen LogP contribution in [0, 0.1) is 0 Å². The molecular weight excluding hydrogens is 434 g/mol. The lowest BCUT2D eigenvalue weighted by molar-refractivity contribution is 0.312. The van der Waals surface area contributed by atoms with Crippen LogP contribution in [0.1, 0.15) is 30.2 Å². The monoisotopic (exact) mass is 461 g/mol. The van der Waals surface area contributed by atoms with Crippen molar-refractivity contribution < 1.29 is 4.52 Å². The van der Waals surface area contributed by atoms with Gasteiger partial charge in [0, 0.05) is 62.2 Å². The number of hydrogen-bond acceptors (Lipinski definition) is 10. The van der Waals surface area contributed by atoms with Crippen LogP contribution in [0.3, 0.4) is 0 Å².